The topological polar surface area (TPSA) is 75.6 Å². The maximum absolute atomic E-state index is 11.4. The van der Waals surface area contributed by atoms with Crippen molar-refractivity contribution in [1.82, 2.24) is 4.90 Å². The number of primary amides is 1. The Morgan fingerprint density at radius 2 is 2.16 bits per heavy atom. The molecule has 1 fully saturated rings. The van der Waals surface area contributed by atoms with Gasteiger partial charge in [0, 0.05) is 25.3 Å². The van der Waals surface area contributed by atoms with Gasteiger partial charge in [-0.1, -0.05) is 18.2 Å². The molecule has 0 spiro atoms. The molecule has 0 aliphatic carbocycles. The molecule has 104 valence electrons. The number of anilines is 1. The molecule has 1 saturated heterocycles. The quantitative estimate of drug-likeness (QED) is 0.858. The van der Waals surface area contributed by atoms with Crippen LogP contribution in [-0.4, -0.2) is 38.1 Å². The first-order chi connectivity index (χ1) is 9.04. The second-order valence-corrected chi connectivity index (χ2v) is 5.25. The maximum atomic E-state index is 11.4. The lowest BCUT2D eigenvalue weighted by molar-refractivity contribution is 0.255. The van der Waals surface area contributed by atoms with Gasteiger partial charge in [0.15, 0.2) is 0 Å². The van der Waals surface area contributed by atoms with Gasteiger partial charge in [-0.3, -0.25) is 9.80 Å². The zero-order valence-corrected chi connectivity index (χ0v) is 11.5. The van der Waals surface area contributed by atoms with Gasteiger partial charge in [0.05, 0.1) is 0 Å². The first-order valence-corrected chi connectivity index (χ1v) is 6.57. The van der Waals surface area contributed by atoms with Gasteiger partial charge in [0.25, 0.3) is 0 Å². The first-order valence-electron chi connectivity index (χ1n) is 6.57. The standard InChI is InChI=1S/C14H22N4O/c1-17-9-10(8-15)7-13(17)11-5-3-4-6-12(11)18(2)14(16)19/h3-6,10,13H,7-9,15H2,1-2H3,(H2,16,19). The minimum Gasteiger partial charge on any atom is -0.351 e. The molecule has 2 unspecified atom stereocenters. The molecule has 0 radical (unpaired) electrons. The minimum atomic E-state index is -0.441. The number of hydrogen-bond donors (Lipinski definition) is 2. The van der Waals surface area contributed by atoms with Gasteiger partial charge >= 0.3 is 6.03 Å². The SMILES string of the molecule is CN(C(N)=O)c1ccccc1C1CC(CN)CN1C. The monoisotopic (exact) mass is 262 g/mol. The molecular weight excluding hydrogens is 240 g/mol. The highest BCUT2D eigenvalue weighted by atomic mass is 16.2. The van der Waals surface area contributed by atoms with Crippen LogP contribution in [0.1, 0.15) is 18.0 Å². The molecule has 1 heterocycles. The summed E-state index contributed by atoms with van der Waals surface area (Å²) >= 11 is 0. The van der Waals surface area contributed by atoms with Crippen LogP contribution in [0.5, 0.6) is 0 Å². The zero-order chi connectivity index (χ0) is 14.0. The van der Waals surface area contributed by atoms with Crippen LogP contribution < -0.4 is 16.4 Å². The van der Waals surface area contributed by atoms with Crippen molar-refractivity contribution in [3.05, 3.63) is 29.8 Å². The molecule has 4 N–H and O–H groups in total. The van der Waals surface area contributed by atoms with Gasteiger partial charge in [-0.05, 0) is 37.6 Å². The zero-order valence-electron chi connectivity index (χ0n) is 11.5. The van der Waals surface area contributed by atoms with Crippen LogP contribution in [0.25, 0.3) is 0 Å². The van der Waals surface area contributed by atoms with Crippen LogP contribution in [0.2, 0.25) is 0 Å². The third-order valence-electron chi connectivity index (χ3n) is 3.96. The molecule has 2 atom stereocenters. The Hall–Kier alpha value is -1.59. The number of carbonyl (C=O) groups is 1. The molecule has 1 aromatic carbocycles. The highest BCUT2D eigenvalue weighted by Gasteiger charge is 2.31. The van der Waals surface area contributed by atoms with Crippen LogP contribution in [0.15, 0.2) is 24.3 Å². The number of carbonyl (C=O) groups excluding carboxylic acids is 1. The van der Waals surface area contributed by atoms with E-state index in [0.29, 0.717) is 18.5 Å². The Labute approximate surface area is 114 Å². The van der Waals surface area contributed by atoms with E-state index in [2.05, 4.69) is 18.0 Å². The van der Waals surface area contributed by atoms with Gasteiger partial charge < -0.3 is 11.5 Å². The molecule has 0 saturated carbocycles. The van der Waals surface area contributed by atoms with Crippen molar-refractivity contribution in [2.24, 2.45) is 17.4 Å². The van der Waals surface area contributed by atoms with Crippen molar-refractivity contribution in [1.29, 1.82) is 0 Å². The number of hydrogen-bond acceptors (Lipinski definition) is 3. The summed E-state index contributed by atoms with van der Waals surface area (Å²) in [6.07, 6.45) is 1.02. The van der Waals surface area contributed by atoms with E-state index < -0.39 is 6.03 Å². The Morgan fingerprint density at radius 3 is 2.74 bits per heavy atom. The Bertz CT molecular complexity index is 463. The molecule has 19 heavy (non-hydrogen) atoms. The summed E-state index contributed by atoms with van der Waals surface area (Å²) in [7, 11) is 3.80. The molecule has 2 rings (SSSR count). The summed E-state index contributed by atoms with van der Waals surface area (Å²) in [4.78, 5) is 15.2. The minimum absolute atomic E-state index is 0.298. The largest absolute Gasteiger partial charge is 0.351 e. The Morgan fingerprint density at radius 1 is 1.47 bits per heavy atom. The molecule has 5 nitrogen and oxygen atoms in total. The highest BCUT2D eigenvalue weighted by molar-refractivity contribution is 5.91. The number of benzene rings is 1. The van der Waals surface area contributed by atoms with E-state index in [1.807, 2.05) is 18.2 Å². The summed E-state index contributed by atoms with van der Waals surface area (Å²) in [6, 6.07) is 7.78. The van der Waals surface area contributed by atoms with E-state index in [1.54, 1.807) is 7.05 Å². The fraction of sp³-hybridized carbons (Fsp3) is 0.500. The van der Waals surface area contributed by atoms with Crippen molar-refractivity contribution in [3.63, 3.8) is 0 Å². The molecule has 1 aliphatic heterocycles. The Kier molecular flexibility index (Phi) is 4.07. The average molecular weight is 262 g/mol. The predicted octanol–water partition coefficient (Wildman–Crippen LogP) is 1.15. The number of nitrogens with zero attached hydrogens (tertiary/aromatic N) is 2. The van der Waals surface area contributed by atoms with Gasteiger partial charge in [-0.2, -0.15) is 0 Å². The lowest BCUT2D eigenvalue weighted by Crippen LogP contribution is -2.33. The highest BCUT2D eigenvalue weighted by Crippen LogP contribution is 2.38. The molecule has 0 aromatic heterocycles. The third-order valence-corrected chi connectivity index (χ3v) is 3.96. The summed E-state index contributed by atoms with van der Waals surface area (Å²) in [5.74, 6) is 0.516. The molecule has 1 aliphatic rings. The summed E-state index contributed by atoms with van der Waals surface area (Å²) in [6.45, 7) is 1.70. The van der Waals surface area contributed by atoms with Gasteiger partial charge in [-0.15, -0.1) is 0 Å². The van der Waals surface area contributed by atoms with Crippen LogP contribution in [-0.2, 0) is 0 Å². The summed E-state index contributed by atoms with van der Waals surface area (Å²) in [5, 5.41) is 0. The van der Waals surface area contributed by atoms with E-state index in [9.17, 15) is 4.79 Å². The van der Waals surface area contributed by atoms with Crippen molar-refractivity contribution in [3.8, 4) is 0 Å². The maximum Gasteiger partial charge on any atom is 0.319 e. The van der Waals surface area contributed by atoms with Crippen LogP contribution in [0.4, 0.5) is 10.5 Å². The smallest absolute Gasteiger partial charge is 0.319 e. The van der Waals surface area contributed by atoms with Crippen LogP contribution in [0.3, 0.4) is 0 Å². The summed E-state index contributed by atoms with van der Waals surface area (Å²) < 4.78 is 0. The Balaban J connectivity index is 2.32. The lowest BCUT2D eigenvalue weighted by atomic mass is 9.98. The molecular formula is C14H22N4O. The number of nitrogens with two attached hydrogens (primary N) is 2. The fourth-order valence-corrected chi connectivity index (χ4v) is 2.83. The third kappa shape index (κ3) is 2.72. The van der Waals surface area contributed by atoms with E-state index in [-0.39, 0.29) is 0 Å². The molecule has 0 bridgehead atoms. The summed E-state index contributed by atoms with van der Waals surface area (Å²) in [5.41, 5.74) is 13.2. The number of likely N-dealkylation sites (tertiary alicyclic amines) is 1. The molecule has 1 aromatic rings. The van der Waals surface area contributed by atoms with Gasteiger partial charge in [-0.25, -0.2) is 4.79 Å². The number of para-hydroxylation sites is 1. The number of amides is 2. The van der Waals surface area contributed by atoms with Crippen molar-refractivity contribution in [2.75, 3.05) is 32.1 Å². The van der Waals surface area contributed by atoms with Crippen molar-refractivity contribution < 1.29 is 4.79 Å². The van der Waals surface area contributed by atoms with E-state index in [4.69, 9.17) is 11.5 Å². The number of rotatable bonds is 3. The lowest BCUT2D eigenvalue weighted by Gasteiger charge is -2.25. The second kappa shape index (κ2) is 5.59. The second-order valence-electron chi connectivity index (χ2n) is 5.25. The van der Waals surface area contributed by atoms with E-state index in [1.165, 1.54) is 4.90 Å². The normalized spacial score (nSPS) is 23.5. The van der Waals surface area contributed by atoms with Crippen LogP contribution >= 0.6 is 0 Å². The van der Waals surface area contributed by atoms with Crippen molar-refractivity contribution >= 4 is 11.7 Å². The van der Waals surface area contributed by atoms with Gasteiger partial charge in [0.2, 0.25) is 0 Å². The fourth-order valence-electron chi connectivity index (χ4n) is 2.83. The average Bonchev–Trinajstić information content (AvgIpc) is 2.79. The van der Waals surface area contributed by atoms with Crippen molar-refractivity contribution in [2.45, 2.75) is 12.5 Å². The first kappa shape index (κ1) is 13.8. The number of urea groups is 1. The van der Waals surface area contributed by atoms with Gasteiger partial charge in [0.1, 0.15) is 0 Å². The van der Waals surface area contributed by atoms with E-state index in [0.717, 1.165) is 24.2 Å². The van der Waals surface area contributed by atoms with Crippen LogP contribution in [0, 0.1) is 5.92 Å². The molecule has 2 amide bonds. The predicted molar refractivity (Wildman–Crippen MR) is 77.0 cm³/mol. The van der Waals surface area contributed by atoms with E-state index >= 15 is 0 Å². The molecule has 5 heteroatoms.